The lowest BCUT2D eigenvalue weighted by atomic mass is 9.78. The monoisotopic (exact) mass is 449 g/mol. The first-order valence-corrected chi connectivity index (χ1v) is 10.5. The number of hydrogen-bond donors (Lipinski definition) is 1. The van der Waals surface area contributed by atoms with E-state index in [1.165, 1.54) is 6.07 Å². The zero-order valence-corrected chi connectivity index (χ0v) is 17.9. The molecule has 3 aromatic carbocycles. The maximum atomic E-state index is 14.3. The Morgan fingerprint density at radius 1 is 1.10 bits per heavy atom. The molecule has 0 amide bonds. The van der Waals surface area contributed by atoms with E-state index in [0.29, 0.717) is 4.47 Å². The van der Waals surface area contributed by atoms with Gasteiger partial charge in [-0.15, -0.1) is 0 Å². The van der Waals surface area contributed by atoms with Crippen molar-refractivity contribution >= 4 is 27.2 Å². The molecule has 146 valence electrons. The number of rotatable bonds is 1. The highest BCUT2D eigenvalue weighted by molar-refractivity contribution is 9.10. The Bertz CT molecular complexity index is 1150. The van der Waals surface area contributed by atoms with Crippen molar-refractivity contribution in [3.63, 3.8) is 0 Å². The quantitative estimate of drug-likeness (QED) is 0.419. The molecular formula is C25H21BrFNO. The van der Waals surface area contributed by atoms with E-state index in [4.69, 9.17) is 4.74 Å². The van der Waals surface area contributed by atoms with Gasteiger partial charge < -0.3 is 10.1 Å². The minimum Gasteiger partial charge on any atom is -0.480 e. The van der Waals surface area contributed by atoms with Crippen molar-refractivity contribution in [2.24, 2.45) is 0 Å². The first-order valence-electron chi connectivity index (χ1n) is 9.68. The topological polar surface area (TPSA) is 21.3 Å². The number of halogens is 2. The van der Waals surface area contributed by atoms with Crippen LogP contribution in [-0.2, 0) is 0 Å². The van der Waals surface area contributed by atoms with E-state index < -0.39 is 6.10 Å². The fourth-order valence-corrected chi connectivity index (χ4v) is 5.06. The van der Waals surface area contributed by atoms with Crippen molar-refractivity contribution < 1.29 is 9.13 Å². The first-order chi connectivity index (χ1) is 13.8. The third-order valence-corrected chi connectivity index (χ3v) is 6.06. The molecule has 4 heteroatoms. The van der Waals surface area contributed by atoms with Crippen LogP contribution in [0.3, 0.4) is 0 Å². The Balaban J connectivity index is 1.80. The normalized spacial score (nSPS) is 18.8. The number of fused-ring (bicyclic) bond motifs is 5. The molecule has 0 aromatic heterocycles. The molecule has 1 atom stereocenters. The molecule has 2 nitrogen and oxygen atoms in total. The summed E-state index contributed by atoms with van der Waals surface area (Å²) < 4.78 is 21.4. The predicted molar refractivity (Wildman–Crippen MR) is 120 cm³/mol. The van der Waals surface area contributed by atoms with E-state index in [0.717, 1.165) is 51.2 Å². The van der Waals surface area contributed by atoms with Crippen LogP contribution in [0.5, 0.6) is 5.75 Å². The maximum Gasteiger partial charge on any atom is 0.150 e. The summed E-state index contributed by atoms with van der Waals surface area (Å²) >= 11 is 3.43. The van der Waals surface area contributed by atoms with Gasteiger partial charge in [-0.3, -0.25) is 0 Å². The van der Waals surface area contributed by atoms with Crippen LogP contribution in [-0.4, -0.2) is 5.54 Å². The van der Waals surface area contributed by atoms with Crippen LogP contribution in [0.25, 0.3) is 16.7 Å². The second kappa shape index (κ2) is 6.46. The van der Waals surface area contributed by atoms with Crippen LogP contribution in [0, 0.1) is 5.82 Å². The van der Waals surface area contributed by atoms with E-state index in [1.807, 2.05) is 24.3 Å². The molecular weight excluding hydrogens is 429 g/mol. The molecule has 1 N–H and O–H groups in total. The lowest BCUT2D eigenvalue weighted by molar-refractivity contribution is 0.242. The molecule has 2 aliphatic rings. The SMILES string of the molecule is C=C1CC(C)(C)Nc2ccc3c(c21)[C@@H](c1cc(F)cc(Br)c1)Oc1ccccc1-3. The molecule has 3 aromatic rings. The van der Waals surface area contributed by atoms with Crippen LogP contribution < -0.4 is 10.1 Å². The van der Waals surface area contributed by atoms with Crippen molar-refractivity contribution in [1.82, 2.24) is 0 Å². The predicted octanol–water partition coefficient (Wildman–Crippen LogP) is 7.34. The lowest BCUT2D eigenvalue weighted by Crippen LogP contribution is -2.35. The summed E-state index contributed by atoms with van der Waals surface area (Å²) in [5, 5.41) is 3.64. The Morgan fingerprint density at radius 2 is 1.90 bits per heavy atom. The lowest BCUT2D eigenvalue weighted by Gasteiger charge is -2.39. The van der Waals surface area contributed by atoms with E-state index in [1.54, 1.807) is 6.07 Å². The molecule has 0 bridgehead atoms. The highest BCUT2D eigenvalue weighted by Crippen LogP contribution is 2.51. The van der Waals surface area contributed by atoms with Gasteiger partial charge >= 0.3 is 0 Å². The summed E-state index contributed by atoms with van der Waals surface area (Å²) in [6, 6.07) is 17.2. The number of para-hydroxylation sites is 1. The average Bonchev–Trinajstić information content (AvgIpc) is 2.65. The highest BCUT2D eigenvalue weighted by atomic mass is 79.9. The van der Waals surface area contributed by atoms with Crippen molar-refractivity contribution in [3.8, 4) is 16.9 Å². The molecule has 0 spiro atoms. The molecule has 0 aliphatic carbocycles. The van der Waals surface area contributed by atoms with Gasteiger partial charge in [-0.05, 0) is 61.7 Å². The molecule has 5 rings (SSSR count). The van der Waals surface area contributed by atoms with E-state index in [2.05, 4.69) is 59.9 Å². The van der Waals surface area contributed by atoms with Crippen LogP contribution >= 0.6 is 15.9 Å². The molecule has 0 fully saturated rings. The number of ether oxygens (including phenoxy) is 1. The van der Waals surface area contributed by atoms with E-state index in [-0.39, 0.29) is 11.4 Å². The Morgan fingerprint density at radius 3 is 2.69 bits per heavy atom. The fourth-order valence-electron chi connectivity index (χ4n) is 4.58. The zero-order valence-electron chi connectivity index (χ0n) is 16.4. The van der Waals surface area contributed by atoms with Crippen molar-refractivity contribution in [3.05, 3.63) is 88.2 Å². The molecule has 29 heavy (non-hydrogen) atoms. The van der Waals surface area contributed by atoms with Gasteiger partial charge in [-0.1, -0.05) is 46.8 Å². The number of benzene rings is 3. The number of hydrogen-bond acceptors (Lipinski definition) is 2. The van der Waals surface area contributed by atoms with Crippen molar-refractivity contribution in [2.45, 2.75) is 31.9 Å². The molecule has 2 heterocycles. The third kappa shape index (κ3) is 3.06. The number of nitrogens with one attached hydrogen (secondary N) is 1. The van der Waals surface area contributed by atoms with Gasteiger partial charge in [0.2, 0.25) is 0 Å². The Hall–Kier alpha value is -2.59. The largest absolute Gasteiger partial charge is 0.480 e. The van der Waals surface area contributed by atoms with Crippen LogP contribution in [0.2, 0.25) is 0 Å². The van der Waals surface area contributed by atoms with Gasteiger partial charge in [0.05, 0.1) is 0 Å². The highest BCUT2D eigenvalue weighted by Gasteiger charge is 2.36. The van der Waals surface area contributed by atoms with E-state index >= 15 is 0 Å². The average molecular weight is 450 g/mol. The second-order valence-corrected chi connectivity index (χ2v) is 9.35. The summed E-state index contributed by atoms with van der Waals surface area (Å²) in [5.74, 6) is 0.515. The minimum absolute atomic E-state index is 0.0663. The van der Waals surface area contributed by atoms with E-state index in [9.17, 15) is 4.39 Å². The van der Waals surface area contributed by atoms with Crippen LogP contribution in [0.15, 0.2) is 65.6 Å². The van der Waals surface area contributed by atoms with Gasteiger partial charge in [-0.2, -0.15) is 0 Å². The van der Waals surface area contributed by atoms with Crippen LogP contribution in [0.4, 0.5) is 10.1 Å². The summed E-state index contributed by atoms with van der Waals surface area (Å²) in [5.41, 5.74) is 7.13. The molecule has 2 aliphatic heterocycles. The standard InChI is InChI=1S/C25H21BrFNO/c1-14-13-25(2,3)28-20-9-8-19-18-6-4-5-7-21(18)29-24(23(19)22(14)20)15-10-16(26)12-17(27)11-15/h4-12,24,28H,1,13H2,2-3H3/t24-/m1/s1. The second-order valence-electron chi connectivity index (χ2n) is 8.44. The third-order valence-electron chi connectivity index (χ3n) is 5.60. The van der Waals surface area contributed by atoms with Crippen molar-refractivity contribution in [2.75, 3.05) is 5.32 Å². The molecule has 0 saturated heterocycles. The van der Waals surface area contributed by atoms with Gasteiger partial charge in [0.15, 0.2) is 6.10 Å². The Kier molecular flexibility index (Phi) is 4.11. The summed E-state index contributed by atoms with van der Waals surface area (Å²) in [7, 11) is 0. The van der Waals surface area contributed by atoms with Crippen LogP contribution in [0.1, 0.15) is 43.1 Å². The van der Waals surface area contributed by atoms with Crippen molar-refractivity contribution in [1.29, 1.82) is 0 Å². The zero-order chi connectivity index (χ0) is 20.3. The molecule has 0 saturated carbocycles. The van der Waals surface area contributed by atoms with Gasteiger partial charge in [-0.25, -0.2) is 4.39 Å². The summed E-state index contributed by atoms with van der Waals surface area (Å²) in [6.07, 6.45) is 0.416. The molecule has 0 unspecified atom stereocenters. The first kappa shape index (κ1) is 18.4. The fraction of sp³-hybridized carbons (Fsp3) is 0.200. The van der Waals surface area contributed by atoms with Gasteiger partial charge in [0.1, 0.15) is 11.6 Å². The van der Waals surface area contributed by atoms with Gasteiger partial charge in [0.25, 0.3) is 0 Å². The minimum atomic E-state index is -0.415. The van der Waals surface area contributed by atoms with Gasteiger partial charge in [0, 0.05) is 38.0 Å². The summed E-state index contributed by atoms with van der Waals surface area (Å²) in [6.45, 7) is 8.75. The number of anilines is 1. The summed E-state index contributed by atoms with van der Waals surface area (Å²) in [4.78, 5) is 0. The Labute approximate surface area is 178 Å². The molecule has 0 radical (unpaired) electrons. The maximum absolute atomic E-state index is 14.3. The smallest absolute Gasteiger partial charge is 0.150 e.